The number of likely N-dealkylation sites (N-methyl/N-ethyl adjacent to an activating group) is 1. The molecule has 0 saturated heterocycles. The summed E-state index contributed by atoms with van der Waals surface area (Å²) < 4.78 is 5.52. The van der Waals surface area contributed by atoms with Gasteiger partial charge in [-0.1, -0.05) is 45.0 Å². The minimum atomic E-state index is 0.417. The van der Waals surface area contributed by atoms with Gasteiger partial charge in [-0.05, 0) is 36.9 Å². The van der Waals surface area contributed by atoms with Gasteiger partial charge < -0.3 is 10.1 Å². The van der Waals surface area contributed by atoms with Crippen molar-refractivity contribution < 1.29 is 4.74 Å². The largest absolute Gasteiger partial charge is 0.380 e. The SMILES string of the molecule is CCNC(COCC)Cc1ccc(C(C)C)cc1. The summed E-state index contributed by atoms with van der Waals surface area (Å²) in [5.41, 5.74) is 2.79. The topological polar surface area (TPSA) is 21.3 Å². The quantitative estimate of drug-likeness (QED) is 0.762. The van der Waals surface area contributed by atoms with Crippen LogP contribution in [0.25, 0.3) is 0 Å². The van der Waals surface area contributed by atoms with Gasteiger partial charge in [0.05, 0.1) is 6.61 Å². The first-order valence-electron chi connectivity index (χ1n) is 7.07. The lowest BCUT2D eigenvalue weighted by atomic mass is 9.99. The molecular formula is C16H27NO. The van der Waals surface area contributed by atoms with Crippen molar-refractivity contribution in [2.45, 2.75) is 46.1 Å². The molecule has 0 saturated carbocycles. The molecule has 1 rings (SSSR count). The summed E-state index contributed by atoms with van der Waals surface area (Å²) in [5.74, 6) is 0.604. The first kappa shape index (κ1) is 15.2. The van der Waals surface area contributed by atoms with E-state index in [2.05, 4.69) is 50.4 Å². The summed E-state index contributed by atoms with van der Waals surface area (Å²) in [6.07, 6.45) is 1.03. The second-order valence-electron chi connectivity index (χ2n) is 5.01. The van der Waals surface area contributed by atoms with E-state index in [-0.39, 0.29) is 0 Å². The maximum Gasteiger partial charge on any atom is 0.0622 e. The zero-order chi connectivity index (χ0) is 13.4. The molecular weight excluding hydrogens is 222 g/mol. The highest BCUT2D eigenvalue weighted by Crippen LogP contribution is 2.15. The van der Waals surface area contributed by atoms with Crippen molar-refractivity contribution in [3.05, 3.63) is 35.4 Å². The molecule has 1 atom stereocenters. The highest BCUT2D eigenvalue weighted by Gasteiger charge is 2.08. The standard InChI is InChI=1S/C16H27NO/c1-5-17-16(12-18-6-2)11-14-7-9-15(10-8-14)13(3)4/h7-10,13,16-17H,5-6,11-12H2,1-4H3. The molecule has 0 aromatic heterocycles. The molecule has 102 valence electrons. The van der Waals surface area contributed by atoms with Crippen molar-refractivity contribution in [3.63, 3.8) is 0 Å². The Hall–Kier alpha value is -0.860. The third kappa shape index (κ3) is 5.19. The molecule has 2 heteroatoms. The van der Waals surface area contributed by atoms with Gasteiger partial charge in [0, 0.05) is 12.6 Å². The van der Waals surface area contributed by atoms with Crippen molar-refractivity contribution >= 4 is 0 Å². The van der Waals surface area contributed by atoms with Crippen molar-refractivity contribution in [2.75, 3.05) is 19.8 Å². The lowest BCUT2D eigenvalue weighted by molar-refractivity contribution is 0.123. The molecule has 2 nitrogen and oxygen atoms in total. The molecule has 0 amide bonds. The molecule has 0 aliphatic carbocycles. The van der Waals surface area contributed by atoms with Crippen molar-refractivity contribution in [3.8, 4) is 0 Å². The second-order valence-corrected chi connectivity index (χ2v) is 5.01. The zero-order valence-electron chi connectivity index (χ0n) is 12.2. The van der Waals surface area contributed by atoms with Gasteiger partial charge >= 0.3 is 0 Å². The molecule has 0 radical (unpaired) electrons. The summed E-state index contributed by atoms with van der Waals surface area (Å²) >= 11 is 0. The van der Waals surface area contributed by atoms with E-state index in [9.17, 15) is 0 Å². The Morgan fingerprint density at radius 3 is 2.28 bits per heavy atom. The maximum absolute atomic E-state index is 5.52. The molecule has 0 fully saturated rings. The van der Waals surface area contributed by atoms with Crippen LogP contribution in [0.4, 0.5) is 0 Å². The van der Waals surface area contributed by atoms with E-state index in [0.717, 1.165) is 26.2 Å². The van der Waals surface area contributed by atoms with Crippen LogP contribution < -0.4 is 5.32 Å². The number of rotatable bonds is 8. The van der Waals surface area contributed by atoms with Gasteiger partial charge in [-0.2, -0.15) is 0 Å². The predicted molar refractivity (Wildman–Crippen MR) is 78.2 cm³/mol. The molecule has 1 aromatic rings. The third-order valence-electron chi connectivity index (χ3n) is 3.14. The Bertz CT molecular complexity index is 318. The number of nitrogens with one attached hydrogen (secondary N) is 1. The van der Waals surface area contributed by atoms with E-state index < -0.39 is 0 Å². The van der Waals surface area contributed by atoms with Crippen LogP contribution in [0.1, 0.15) is 44.7 Å². The molecule has 0 aliphatic heterocycles. The summed E-state index contributed by atoms with van der Waals surface area (Å²) in [5, 5.41) is 3.48. The summed E-state index contributed by atoms with van der Waals surface area (Å²) in [6.45, 7) is 11.2. The fourth-order valence-electron chi connectivity index (χ4n) is 2.06. The van der Waals surface area contributed by atoms with Crippen LogP contribution >= 0.6 is 0 Å². The van der Waals surface area contributed by atoms with Crippen LogP contribution in [0.3, 0.4) is 0 Å². The summed E-state index contributed by atoms with van der Waals surface area (Å²) in [6, 6.07) is 9.38. The smallest absolute Gasteiger partial charge is 0.0622 e. The second kappa shape index (κ2) is 8.28. The molecule has 0 aliphatic rings. The number of ether oxygens (including phenoxy) is 1. The van der Waals surface area contributed by atoms with E-state index >= 15 is 0 Å². The molecule has 0 spiro atoms. The third-order valence-corrected chi connectivity index (χ3v) is 3.14. The van der Waals surface area contributed by atoms with E-state index in [0.29, 0.717) is 12.0 Å². The van der Waals surface area contributed by atoms with Crippen LogP contribution in [0.2, 0.25) is 0 Å². The number of hydrogen-bond donors (Lipinski definition) is 1. The van der Waals surface area contributed by atoms with Gasteiger partial charge in [-0.15, -0.1) is 0 Å². The van der Waals surface area contributed by atoms with Crippen molar-refractivity contribution in [2.24, 2.45) is 0 Å². The average Bonchev–Trinajstić information content (AvgIpc) is 2.37. The Labute approximate surface area is 112 Å². The monoisotopic (exact) mass is 249 g/mol. The van der Waals surface area contributed by atoms with Crippen LogP contribution in [-0.4, -0.2) is 25.8 Å². The van der Waals surface area contributed by atoms with Gasteiger partial charge in [0.2, 0.25) is 0 Å². The van der Waals surface area contributed by atoms with Crippen LogP contribution in [0.5, 0.6) is 0 Å². The van der Waals surface area contributed by atoms with E-state index in [1.54, 1.807) is 0 Å². The minimum Gasteiger partial charge on any atom is -0.380 e. The van der Waals surface area contributed by atoms with Gasteiger partial charge in [0.15, 0.2) is 0 Å². The fraction of sp³-hybridized carbons (Fsp3) is 0.625. The van der Waals surface area contributed by atoms with E-state index in [4.69, 9.17) is 4.74 Å². The van der Waals surface area contributed by atoms with E-state index in [1.807, 2.05) is 6.92 Å². The zero-order valence-corrected chi connectivity index (χ0v) is 12.2. The van der Waals surface area contributed by atoms with Crippen LogP contribution in [-0.2, 0) is 11.2 Å². The molecule has 1 aromatic carbocycles. The predicted octanol–water partition coefficient (Wildman–Crippen LogP) is 3.37. The maximum atomic E-state index is 5.52. The van der Waals surface area contributed by atoms with Gasteiger partial charge in [-0.3, -0.25) is 0 Å². The average molecular weight is 249 g/mol. The summed E-state index contributed by atoms with van der Waals surface area (Å²) in [4.78, 5) is 0. The highest BCUT2D eigenvalue weighted by molar-refractivity contribution is 5.25. The van der Waals surface area contributed by atoms with Crippen molar-refractivity contribution in [1.29, 1.82) is 0 Å². The minimum absolute atomic E-state index is 0.417. The lowest BCUT2D eigenvalue weighted by Crippen LogP contribution is -2.35. The van der Waals surface area contributed by atoms with Crippen LogP contribution in [0.15, 0.2) is 24.3 Å². The first-order valence-corrected chi connectivity index (χ1v) is 7.07. The van der Waals surface area contributed by atoms with Gasteiger partial charge in [-0.25, -0.2) is 0 Å². The Balaban J connectivity index is 2.56. The summed E-state index contributed by atoms with van der Waals surface area (Å²) in [7, 11) is 0. The Kier molecular flexibility index (Phi) is 6.99. The molecule has 1 unspecified atom stereocenters. The van der Waals surface area contributed by atoms with Gasteiger partial charge in [0.1, 0.15) is 0 Å². The number of benzene rings is 1. The Morgan fingerprint density at radius 2 is 1.78 bits per heavy atom. The van der Waals surface area contributed by atoms with E-state index in [1.165, 1.54) is 11.1 Å². The van der Waals surface area contributed by atoms with Crippen LogP contribution in [0, 0.1) is 0 Å². The molecule has 18 heavy (non-hydrogen) atoms. The Morgan fingerprint density at radius 1 is 1.11 bits per heavy atom. The molecule has 0 heterocycles. The number of hydrogen-bond acceptors (Lipinski definition) is 2. The normalized spacial score (nSPS) is 12.9. The highest BCUT2D eigenvalue weighted by atomic mass is 16.5. The first-order chi connectivity index (χ1) is 8.67. The lowest BCUT2D eigenvalue weighted by Gasteiger charge is -2.18. The van der Waals surface area contributed by atoms with Crippen molar-refractivity contribution in [1.82, 2.24) is 5.32 Å². The van der Waals surface area contributed by atoms with Gasteiger partial charge in [0.25, 0.3) is 0 Å². The molecule has 0 bridgehead atoms. The molecule has 1 N–H and O–H groups in total. The fourth-order valence-corrected chi connectivity index (χ4v) is 2.06.